The predicted octanol–water partition coefficient (Wildman–Crippen LogP) is 3.04. The lowest BCUT2D eigenvalue weighted by Crippen LogP contribution is -3.09. The van der Waals surface area contributed by atoms with Crippen LogP contribution in [-0.2, 0) is 11.3 Å². The molecule has 2 atom stereocenters. The molecule has 0 aliphatic carbocycles. The van der Waals surface area contributed by atoms with E-state index in [0.29, 0.717) is 6.54 Å². The second kappa shape index (κ2) is 8.19. The van der Waals surface area contributed by atoms with Gasteiger partial charge in [0, 0.05) is 11.1 Å². The van der Waals surface area contributed by atoms with Crippen LogP contribution in [0.25, 0.3) is 0 Å². The Morgan fingerprint density at radius 3 is 2.14 bits per heavy atom. The zero-order chi connectivity index (χ0) is 19.3. The van der Waals surface area contributed by atoms with Crippen molar-refractivity contribution in [3.63, 3.8) is 0 Å². The lowest BCUT2D eigenvalue weighted by Gasteiger charge is -2.24. The summed E-state index contributed by atoms with van der Waals surface area (Å²) in [5.74, 6) is 0.0510. The molecule has 4 heteroatoms. The topological polar surface area (TPSA) is 37.1 Å². The summed E-state index contributed by atoms with van der Waals surface area (Å²) in [7, 11) is 0. The number of hydrogen-bond acceptors (Lipinski definition) is 2. The fourth-order valence-corrected chi connectivity index (χ4v) is 3.73. The average Bonchev–Trinajstić information content (AvgIpc) is 3.04. The minimum atomic E-state index is -0.132. The third-order valence-electron chi connectivity index (χ3n) is 5.10. The lowest BCUT2D eigenvalue weighted by atomic mass is 10.1. The molecule has 1 amide bonds. The maximum absolute atomic E-state index is 12.9. The smallest absolute Gasteiger partial charge is 0.298 e. The van der Waals surface area contributed by atoms with Crippen LogP contribution in [-0.4, -0.2) is 23.2 Å². The first kappa shape index (κ1) is 18.1. The van der Waals surface area contributed by atoms with Gasteiger partial charge in [-0.25, -0.2) is 0 Å². The number of nitrogens with zero attached hydrogens (tertiary/aromatic N) is 2. The van der Waals surface area contributed by atoms with E-state index in [4.69, 9.17) is 5.10 Å². The number of benzene rings is 3. The predicted molar refractivity (Wildman–Crippen MR) is 111 cm³/mol. The van der Waals surface area contributed by atoms with Gasteiger partial charge in [0.15, 0.2) is 6.54 Å². The Morgan fingerprint density at radius 2 is 1.50 bits per heavy atom. The van der Waals surface area contributed by atoms with Gasteiger partial charge in [0.25, 0.3) is 0 Å². The Balaban J connectivity index is 1.69. The Labute approximate surface area is 165 Å². The Bertz CT molecular complexity index is 955. The van der Waals surface area contributed by atoms with Crippen LogP contribution in [0.1, 0.15) is 29.8 Å². The third-order valence-corrected chi connectivity index (χ3v) is 5.10. The molecule has 3 aromatic rings. The van der Waals surface area contributed by atoms with Crippen LogP contribution >= 0.6 is 0 Å². The van der Waals surface area contributed by atoms with Crippen molar-refractivity contribution < 1.29 is 9.69 Å². The van der Waals surface area contributed by atoms with Crippen LogP contribution < -0.4 is 4.90 Å². The highest BCUT2D eigenvalue weighted by molar-refractivity contribution is 5.99. The summed E-state index contributed by atoms with van der Waals surface area (Å²) >= 11 is 0. The number of nitrogens with one attached hydrogen (secondary N) is 1. The molecule has 1 saturated heterocycles. The molecule has 1 aliphatic heterocycles. The van der Waals surface area contributed by atoms with E-state index in [1.807, 2.05) is 73.7 Å². The fraction of sp³-hybridized carbons (Fsp3) is 0.167. The van der Waals surface area contributed by atoms with Crippen LogP contribution in [0.5, 0.6) is 0 Å². The van der Waals surface area contributed by atoms with Gasteiger partial charge in [-0.15, -0.1) is 0 Å². The number of hydrazone groups is 1. The van der Waals surface area contributed by atoms with Gasteiger partial charge in [0.2, 0.25) is 6.17 Å². The van der Waals surface area contributed by atoms with E-state index in [2.05, 4.69) is 24.3 Å². The quantitative estimate of drug-likeness (QED) is 0.689. The van der Waals surface area contributed by atoms with Gasteiger partial charge in [-0.2, -0.15) is 10.1 Å². The number of hydrogen-bond donors (Lipinski definition) is 1. The molecule has 1 fully saturated rings. The van der Waals surface area contributed by atoms with Crippen molar-refractivity contribution in [3.8, 4) is 0 Å². The summed E-state index contributed by atoms with van der Waals surface area (Å²) in [6.45, 7) is 3.17. The standard InChI is InChI=1S/C24H23N3O/c1-19(21-13-7-3-8-14-21)25-27-23(28)18-26(17-20-11-5-2-6-12-20)24(27)22-15-9-4-10-16-22/h2-16,24H,17-18H2,1H3/p+1/b25-19-/t24-/m1/s1. The molecule has 1 unspecified atom stereocenters. The molecule has 0 spiro atoms. The van der Waals surface area contributed by atoms with Gasteiger partial charge in [-0.3, -0.25) is 9.69 Å². The summed E-state index contributed by atoms with van der Waals surface area (Å²) in [5.41, 5.74) is 4.19. The van der Waals surface area contributed by atoms with Gasteiger partial charge in [0.1, 0.15) is 6.54 Å². The molecule has 140 valence electrons. The second-order valence-electron chi connectivity index (χ2n) is 7.10. The number of carbonyl (C=O) groups is 1. The van der Waals surface area contributed by atoms with Crippen LogP contribution in [0, 0.1) is 0 Å². The first-order valence-electron chi connectivity index (χ1n) is 9.58. The summed E-state index contributed by atoms with van der Waals surface area (Å²) in [6, 6.07) is 30.5. The van der Waals surface area contributed by atoms with E-state index in [9.17, 15) is 4.79 Å². The van der Waals surface area contributed by atoms with Crippen LogP contribution in [0.15, 0.2) is 96.1 Å². The summed E-state index contributed by atoms with van der Waals surface area (Å²) in [4.78, 5) is 14.1. The number of rotatable bonds is 5. The largest absolute Gasteiger partial charge is 0.303 e. The molecule has 3 aromatic carbocycles. The number of quaternary nitrogens is 1. The van der Waals surface area contributed by atoms with Crippen molar-refractivity contribution in [2.75, 3.05) is 6.54 Å². The van der Waals surface area contributed by atoms with E-state index in [-0.39, 0.29) is 12.1 Å². The van der Waals surface area contributed by atoms with E-state index in [0.717, 1.165) is 23.4 Å². The number of amides is 1. The Kier molecular flexibility index (Phi) is 5.31. The van der Waals surface area contributed by atoms with Crippen molar-refractivity contribution >= 4 is 11.6 Å². The third kappa shape index (κ3) is 3.87. The summed E-state index contributed by atoms with van der Waals surface area (Å²) in [6.07, 6.45) is -0.132. The van der Waals surface area contributed by atoms with Crippen molar-refractivity contribution in [2.24, 2.45) is 5.10 Å². The monoisotopic (exact) mass is 370 g/mol. The number of carbonyl (C=O) groups excluding carboxylic acids is 1. The molecule has 0 bridgehead atoms. The van der Waals surface area contributed by atoms with Gasteiger partial charge >= 0.3 is 5.91 Å². The molecule has 0 saturated carbocycles. The van der Waals surface area contributed by atoms with E-state index >= 15 is 0 Å². The molecular formula is C24H24N3O+. The lowest BCUT2D eigenvalue weighted by molar-refractivity contribution is -0.936. The first-order valence-corrected chi connectivity index (χ1v) is 9.58. The van der Waals surface area contributed by atoms with Crippen molar-refractivity contribution in [2.45, 2.75) is 19.6 Å². The highest BCUT2D eigenvalue weighted by atomic mass is 16.2. The summed E-state index contributed by atoms with van der Waals surface area (Å²) in [5, 5.41) is 6.43. The van der Waals surface area contributed by atoms with Crippen LogP contribution in [0.4, 0.5) is 0 Å². The van der Waals surface area contributed by atoms with E-state index in [1.165, 1.54) is 10.5 Å². The zero-order valence-electron chi connectivity index (χ0n) is 16.0. The fourth-order valence-electron chi connectivity index (χ4n) is 3.73. The molecular weight excluding hydrogens is 346 g/mol. The first-order chi connectivity index (χ1) is 13.7. The summed E-state index contributed by atoms with van der Waals surface area (Å²) < 4.78 is 0. The molecule has 1 aliphatic rings. The van der Waals surface area contributed by atoms with Crippen molar-refractivity contribution in [1.82, 2.24) is 5.01 Å². The normalized spacial score (nSPS) is 19.8. The SMILES string of the molecule is C/C(=N/N1C(=O)C[NH+](Cc2ccccc2)[C@H]1c1ccccc1)c1ccccc1. The molecule has 1 N–H and O–H groups in total. The molecule has 4 rings (SSSR count). The second-order valence-corrected chi connectivity index (χ2v) is 7.10. The minimum absolute atomic E-state index is 0.0510. The van der Waals surface area contributed by atoms with E-state index in [1.54, 1.807) is 5.01 Å². The Morgan fingerprint density at radius 1 is 0.929 bits per heavy atom. The average molecular weight is 370 g/mol. The van der Waals surface area contributed by atoms with E-state index < -0.39 is 0 Å². The van der Waals surface area contributed by atoms with Gasteiger partial charge in [0.05, 0.1) is 5.71 Å². The highest BCUT2D eigenvalue weighted by Gasteiger charge is 2.43. The molecule has 0 aromatic heterocycles. The maximum atomic E-state index is 12.9. The van der Waals surface area contributed by atoms with Gasteiger partial charge in [-0.1, -0.05) is 91.0 Å². The maximum Gasteiger partial charge on any atom is 0.303 e. The minimum Gasteiger partial charge on any atom is -0.298 e. The Hall–Kier alpha value is -3.24. The molecule has 28 heavy (non-hydrogen) atoms. The van der Waals surface area contributed by atoms with Crippen LogP contribution in [0.3, 0.4) is 0 Å². The van der Waals surface area contributed by atoms with Crippen molar-refractivity contribution in [3.05, 3.63) is 108 Å². The highest BCUT2D eigenvalue weighted by Crippen LogP contribution is 2.20. The zero-order valence-corrected chi connectivity index (χ0v) is 16.0. The molecule has 4 nitrogen and oxygen atoms in total. The van der Waals surface area contributed by atoms with Gasteiger partial charge < -0.3 is 0 Å². The van der Waals surface area contributed by atoms with Crippen molar-refractivity contribution in [1.29, 1.82) is 0 Å². The molecule has 0 radical (unpaired) electrons. The molecule has 1 heterocycles. The van der Waals surface area contributed by atoms with Gasteiger partial charge in [-0.05, 0) is 12.5 Å². The van der Waals surface area contributed by atoms with Crippen LogP contribution in [0.2, 0.25) is 0 Å².